The van der Waals surface area contributed by atoms with Crippen LogP contribution in [0, 0.1) is 29.6 Å². The minimum Gasteiger partial charge on any atom is -0.352 e. The molecule has 0 radical (unpaired) electrons. The van der Waals surface area contributed by atoms with Gasteiger partial charge in [-0.25, -0.2) is 0 Å². The van der Waals surface area contributed by atoms with Crippen LogP contribution in [-0.2, 0) is 4.79 Å². The number of hydrogen-bond donors (Lipinski definition) is 1. The topological polar surface area (TPSA) is 29.1 Å². The van der Waals surface area contributed by atoms with Crippen molar-refractivity contribution in [3.05, 3.63) is 24.3 Å². The van der Waals surface area contributed by atoms with E-state index in [0.717, 1.165) is 12.8 Å². The van der Waals surface area contributed by atoms with E-state index in [1.165, 1.54) is 6.08 Å². The second-order valence-electron chi connectivity index (χ2n) is 4.14. The average Bonchev–Trinajstić information content (AvgIpc) is 2.34. The summed E-state index contributed by atoms with van der Waals surface area (Å²) in [6.07, 6.45) is 8.79. The van der Waals surface area contributed by atoms with E-state index in [4.69, 9.17) is 0 Å². The molecule has 0 saturated heterocycles. The zero-order valence-electron chi connectivity index (χ0n) is 11.4. The first-order chi connectivity index (χ1) is 8.66. The van der Waals surface area contributed by atoms with E-state index in [1.807, 2.05) is 12.2 Å². The Morgan fingerprint density at radius 3 is 2.72 bits per heavy atom. The second-order valence-corrected chi connectivity index (χ2v) is 4.14. The number of carbonyl (C=O) groups excluding carboxylic acids is 1. The molecule has 0 aliphatic carbocycles. The van der Waals surface area contributed by atoms with Crippen LogP contribution in [0.4, 0.5) is 0 Å². The standard InChI is InChI=1S/C16H21NO/c1-4-5-6-7-8-9-10-11-12-13-16(18)17-14-15(2)3/h10-13,15H,8-9,14H2,1-3H3,(H,17,18)/b11-10+,13-12-. The van der Waals surface area contributed by atoms with Gasteiger partial charge in [-0.15, -0.1) is 0 Å². The van der Waals surface area contributed by atoms with Crippen LogP contribution in [-0.4, -0.2) is 12.5 Å². The zero-order chi connectivity index (χ0) is 13.6. The maximum Gasteiger partial charge on any atom is 0.243 e. The van der Waals surface area contributed by atoms with Gasteiger partial charge in [0.2, 0.25) is 5.91 Å². The number of carbonyl (C=O) groups is 1. The molecule has 0 saturated carbocycles. The highest BCUT2D eigenvalue weighted by Gasteiger charge is 1.95. The molecule has 0 aliphatic heterocycles. The summed E-state index contributed by atoms with van der Waals surface area (Å²) in [4.78, 5) is 11.3. The summed E-state index contributed by atoms with van der Waals surface area (Å²) in [5, 5.41) is 2.81. The van der Waals surface area contributed by atoms with Gasteiger partial charge in [0.1, 0.15) is 0 Å². The monoisotopic (exact) mass is 243 g/mol. The molecule has 1 N–H and O–H groups in total. The third-order valence-electron chi connectivity index (χ3n) is 1.89. The zero-order valence-corrected chi connectivity index (χ0v) is 11.4. The molecule has 2 heteroatoms. The van der Waals surface area contributed by atoms with Gasteiger partial charge in [-0.3, -0.25) is 4.79 Å². The molecule has 0 aromatic heterocycles. The quantitative estimate of drug-likeness (QED) is 0.330. The van der Waals surface area contributed by atoms with Crippen molar-refractivity contribution in [2.45, 2.75) is 33.6 Å². The van der Waals surface area contributed by atoms with Crippen LogP contribution in [0.25, 0.3) is 0 Å². The fraction of sp³-hybridized carbons (Fsp3) is 0.438. The number of unbranched alkanes of at least 4 members (excludes halogenated alkanes) is 1. The summed E-state index contributed by atoms with van der Waals surface area (Å²) < 4.78 is 0. The van der Waals surface area contributed by atoms with Gasteiger partial charge < -0.3 is 5.32 Å². The van der Waals surface area contributed by atoms with Crippen LogP contribution in [0.3, 0.4) is 0 Å². The highest BCUT2D eigenvalue weighted by Crippen LogP contribution is 1.90. The molecule has 0 heterocycles. The Hall–Kier alpha value is -1.93. The Balaban J connectivity index is 3.71. The summed E-state index contributed by atoms with van der Waals surface area (Å²) in [6, 6.07) is 0. The number of rotatable bonds is 6. The van der Waals surface area contributed by atoms with E-state index in [2.05, 4.69) is 42.8 Å². The first-order valence-electron chi connectivity index (χ1n) is 6.17. The largest absolute Gasteiger partial charge is 0.352 e. The Labute approximate surface area is 111 Å². The molecule has 0 fully saturated rings. The molecule has 18 heavy (non-hydrogen) atoms. The molecule has 0 aliphatic rings. The van der Waals surface area contributed by atoms with Crippen molar-refractivity contribution >= 4 is 5.91 Å². The summed E-state index contributed by atoms with van der Waals surface area (Å²) in [7, 11) is 0. The van der Waals surface area contributed by atoms with Crippen LogP contribution >= 0.6 is 0 Å². The predicted octanol–water partition coefficient (Wildman–Crippen LogP) is 2.68. The lowest BCUT2D eigenvalue weighted by Crippen LogP contribution is -2.25. The Bertz CT molecular complexity index is 408. The normalized spacial score (nSPS) is 10.0. The molecule has 0 rings (SSSR count). The molecule has 2 nitrogen and oxygen atoms in total. The summed E-state index contributed by atoms with van der Waals surface area (Å²) in [5.41, 5.74) is 0. The van der Waals surface area contributed by atoms with Crippen LogP contribution in [0.1, 0.15) is 33.6 Å². The molecule has 96 valence electrons. The minimum absolute atomic E-state index is 0.0497. The molecule has 0 unspecified atom stereocenters. The fourth-order valence-electron chi connectivity index (χ4n) is 1.01. The van der Waals surface area contributed by atoms with Gasteiger partial charge in [0.05, 0.1) is 0 Å². The van der Waals surface area contributed by atoms with E-state index < -0.39 is 0 Å². The third kappa shape index (κ3) is 12.1. The molecule has 0 atom stereocenters. The molecule has 0 aromatic carbocycles. The number of nitrogens with one attached hydrogen (secondary N) is 1. The highest BCUT2D eigenvalue weighted by molar-refractivity contribution is 5.87. The first-order valence-corrected chi connectivity index (χ1v) is 6.17. The lowest BCUT2D eigenvalue weighted by molar-refractivity contribution is -0.116. The lowest BCUT2D eigenvalue weighted by atomic mass is 10.2. The van der Waals surface area contributed by atoms with Crippen LogP contribution < -0.4 is 5.32 Å². The molecule has 0 aromatic rings. The van der Waals surface area contributed by atoms with E-state index in [9.17, 15) is 4.79 Å². The van der Waals surface area contributed by atoms with E-state index in [1.54, 1.807) is 13.0 Å². The van der Waals surface area contributed by atoms with Crippen molar-refractivity contribution in [2.24, 2.45) is 5.92 Å². The smallest absolute Gasteiger partial charge is 0.243 e. The lowest BCUT2D eigenvalue weighted by Gasteiger charge is -2.03. The number of hydrogen-bond acceptors (Lipinski definition) is 1. The SMILES string of the molecule is CC#CC#CCC/C=C/C=C\C(=O)NCC(C)C. The number of amides is 1. The van der Waals surface area contributed by atoms with Gasteiger partial charge in [0, 0.05) is 19.0 Å². The third-order valence-corrected chi connectivity index (χ3v) is 1.89. The highest BCUT2D eigenvalue weighted by atomic mass is 16.1. The molecular weight excluding hydrogens is 222 g/mol. The average molecular weight is 243 g/mol. The van der Waals surface area contributed by atoms with Crippen molar-refractivity contribution in [1.29, 1.82) is 0 Å². The van der Waals surface area contributed by atoms with Gasteiger partial charge in [-0.05, 0) is 31.1 Å². The Kier molecular flexibility index (Phi) is 10.3. The number of allylic oxidation sites excluding steroid dienone is 3. The Morgan fingerprint density at radius 1 is 1.28 bits per heavy atom. The maximum absolute atomic E-state index is 11.3. The van der Waals surface area contributed by atoms with Crippen LogP contribution in [0.2, 0.25) is 0 Å². The molecule has 0 bridgehead atoms. The van der Waals surface area contributed by atoms with Crippen molar-refractivity contribution < 1.29 is 4.79 Å². The summed E-state index contributed by atoms with van der Waals surface area (Å²) >= 11 is 0. The second kappa shape index (κ2) is 11.6. The van der Waals surface area contributed by atoms with Gasteiger partial charge in [-0.2, -0.15) is 0 Å². The van der Waals surface area contributed by atoms with Crippen LogP contribution in [0.15, 0.2) is 24.3 Å². The van der Waals surface area contributed by atoms with E-state index in [0.29, 0.717) is 12.5 Å². The Morgan fingerprint density at radius 2 is 2.06 bits per heavy atom. The van der Waals surface area contributed by atoms with Crippen molar-refractivity contribution in [3.63, 3.8) is 0 Å². The minimum atomic E-state index is -0.0497. The first kappa shape index (κ1) is 16.1. The van der Waals surface area contributed by atoms with Gasteiger partial charge >= 0.3 is 0 Å². The van der Waals surface area contributed by atoms with Crippen molar-refractivity contribution in [3.8, 4) is 23.7 Å². The van der Waals surface area contributed by atoms with Crippen molar-refractivity contribution in [2.75, 3.05) is 6.54 Å². The maximum atomic E-state index is 11.3. The molecular formula is C16H21NO. The van der Waals surface area contributed by atoms with Gasteiger partial charge in [0.25, 0.3) is 0 Å². The molecule has 0 spiro atoms. The fourth-order valence-corrected chi connectivity index (χ4v) is 1.01. The van der Waals surface area contributed by atoms with Crippen molar-refractivity contribution in [1.82, 2.24) is 5.32 Å². The molecule has 1 amide bonds. The van der Waals surface area contributed by atoms with E-state index in [-0.39, 0.29) is 5.91 Å². The van der Waals surface area contributed by atoms with E-state index >= 15 is 0 Å². The summed E-state index contributed by atoms with van der Waals surface area (Å²) in [6.45, 7) is 6.60. The summed E-state index contributed by atoms with van der Waals surface area (Å²) in [5.74, 6) is 11.5. The predicted molar refractivity (Wildman–Crippen MR) is 76.6 cm³/mol. The van der Waals surface area contributed by atoms with Crippen LogP contribution in [0.5, 0.6) is 0 Å². The van der Waals surface area contributed by atoms with Gasteiger partial charge in [0.15, 0.2) is 0 Å². The van der Waals surface area contributed by atoms with Gasteiger partial charge in [-0.1, -0.05) is 43.9 Å².